The Morgan fingerprint density at radius 1 is 1.42 bits per heavy atom. The number of nitrogen functional groups attached to an aromatic ring is 1. The lowest BCUT2D eigenvalue weighted by Crippen LogP contribution is -2.43. The molecule has 4 N–H and O–H groups in total. The molecule has 2 aliphatic rings. The number of ether oxygens (including phenoxy) is 1. The highest BCUT2D eigenvalue weighted by molar-refractivity contribution is 6.31. The van der Waals surface area contributed by atoms with Gasteiger partial charge in [-0.25, -0.2) is 13.8 Å². The van der Waals surface area contributed by atoms with E-state index in [1.165, 1.54) is 12.1 Å². The fourth-order valence-electron chi connectivity index (χ4n) is 2.65. The molecule has 3 rings (SSSR count). The summed E-state index contributed by atoms with van der Waals surface area (Å²) in [6.45, 7) is 0. The van der Waals surface area contributed by atoms with Crippen LogP contribution in [0.25, 0.3) is 0 Å². The Morgan fingerprint density at radius 3 is 2.84 bits per heavy atom. The molecule has 1 aromatic carbocycles. The zero-order valence-corrected chi connectivity index (χ0v) is 10.6. The van der Waals surface area contributed by atoms with Crippen molar-refractivity contribution >= 4 is 23.3 Å². The number of alkyl halides is 2. The summed E-state index contributed by atoms with van der Waals surface area (Å²) in [6.07, 6.45) is -2.56. The summed E-state index contributed by atoms with van der Waals surface area (Å²) >= 11 is 6.05. The molecule has 0 aromatic heterocycles. The predicted octanol–water partition coefficient (Wildman–Crippen LogP) is 2.12. The van der Waals surface area contributed by atoms with Gasteiger partial charge in [0.15, 0.2) is 5.54 Å². The lowest BCUT2D eigenvalue weighted by atomic mass is 9.85. The number of benzene rings is 1. The molecule has 1 fully saturated rings. The number of hydrogen-bond acceptors (Lipinski definition) is 4. The minimum absolute atomic E-state index is 0.207. The lowest BCUT2D eigenvalue weighted by molar-refractivity contribution is 0.0197. The van der Waals surface area contributed by atoms with E-state index in [1.807, 2.05) is 0 Å². The molecule has 1 heterocycles. The quantitative estimate of drug-likeness (QED) is 0.818. The van der Waals surface area contributed by atoms with Crippen LogP contribution in [0.2, 0.25) is 5.02 Å². The number of halogens is 3. The zero-order valence-electron chi connectivity index (χ0n) is 9.82. The van der Waals surface area contributed by atoms with E-state index in [-0.39, 0.29) is 22.7 Å². The summed E-state index contributed by atoms with van der Waals surface area (Å²) in [7, 11) is 0. The van der Waals surface area contributed by atoms with Crippen LogP contribution in [0.4, 0.5) is 14.5 Å². The third-order valence-corrected chi connectivity index (χ3v) is 3.95. The highest BCUT2D eigenvalue weighted by Crippen LogP contribution is 2.56. The van der Waals surface area contributed by atoms with E-state index in [2.05, 4.69) is 4.99 Å². The Labute approximate surface area is 113 Å². The Hall–Kier alpha value is -1.56. The van der Waals surface area contributed by atoms with E-state index >= 15 is 0 Å². The predicted molar refractivity (Wildman–Crippen MR) is 68.1 cm³/mol. The largest absolute Gasteiger partial charge is 0.462 e. The van der Waals surface area contributed by atoms with Crippen molar-refractivity contribution in [3.05, 3.63) is 28.8 Å². The molecule has 0 spiro atoms. The van der Waals surface area contributed by atoms with Crippen LogP contribution in [-0.4, -0.2) is 18.6 Å². The van der Waals surface area contributed by atoms with Gasteiger partial charge in [-0.2, -0.15) is 0 Å². The molecular formula is C12H12ClF2N3O. The average Bonchev–Trinajstić information content (AvgIpc) is 3.10. The van der Waals surface area contributed by atoms with Gasteiger partial charge < -0.3 is 16.2 Å². The highest BCUT2D eigenvalue weighted by Gasteiger charge is 2.64. The molecule has 1 saturated carbocycles. The minimum atomic E-state index is -2.73. The first-order chi connectivity index (χ1) is 8.95. The second kappa shape index (κ2) is 3.96. The summed E-state index contributed by atoms with van der Waals surface area (Å²) in [5.41, 5.74) is 10.0. The first kappa shape index (κ1) is 12.5. The van der Waals surface area contributed by atoms with Crippen molar-refractivity contribution in [2.75, 3.05) is 5.73 Å². The Bertz CT molecular complexity index is 566. The van der Waals surface area contributed by atoms with E-state index in [4.69, 9.17) is 27.8 Å². The second-order valence-corrected chi connectivity index (χ2v) is 5.22. The summed E-state index contributed by atoms with van der Waals surface area (Å²) in [4.78, 5) is 3.89. The summed E-state index contributed by atoms with van der Waals surface area (Å²) < 4.78 is 32.6. The maximum atomic E-state index is 13.7. The third-order valence-electron chi connectivity index (χ3n) is 3.62. The number of hydrogen-bond donors (Lipinski definition) is 2. The smallest absolute Gasteiger partial charge is 0.283 e. The second-order valence-electron chi connectivity index (χ2n) is 4.81. The maximum Gasteiger partial charge on any atom is 0.283 e. The Balaban J connectivity index is 2.21. The van der Waals surface area contributed by atoms with Gasteiger partial charge in [0.1, 0.15) is 6.10 Å². The molecule has 7 heteroatoms. The number of rotatable bonds is 2. The zero-order chi connectivity index (χ0) is 13.8. The molecule has 1 aliphatic carbocycles. The van der Waals surface area contributed by atoms with Gasteiger partial charge in [-0.1, -0.05) is 11.6 Å². The molecular weight excluding hydrogens is 276 g/mol. The van der Waals surface area contributed by atoms with E-state index in [0.717, 1.165) is 0 Å². The van der Waals surface area contributed by atoms with E-state index in [1.54, 1.807) is 6.07 Å². The molecule has 19 heavy (non-hydrogen) atoms. The monoisotopic (exact) mass is 287 g/mol. The van der Waals surface area contributed by atoms with Crippen LogP contribution >= 0.6 is 11.6 Å². The van der Waals surface area contributed by atoms with Crippen molar-refractivity contribution < 1.29 is 13.5 Å². The molecule has 0 saturated heterocycles. The van der Waals surface area contributed by atoms with Crippen LogP contribution in [0.1, 0.15) is 12.0 Å². The Kier molecular flexibility index (Phi) is 2.60. The van der Waals surface area contributed by atoms with Crippen LogP contribution in [0.15, 0.2) is 23.2 Å². The molecule has 0 amide bonds. The van der Waals surface area contributed by atoms with Crippen LogP contribution < -0.4 is 11.5 Å². The van der Waals surface area contributed by atoms with Crippen molar-refractivity contribution in [2.45, 2.75) is 24.5 Å². The van der Waals surface area contributed by atoms with Gasteiger partial charge >= 0.3 is 0 Å². The van der Waals surface area contributed by atoms with Crippen LogP contribution in [0, 0.1) is 5.92 Å². The molecule has 0 radical (unpaired) electrons. The molecule has 1 aliphatic heterocycles. The molecule has 1 aromatic rings. The first-order valence-corrected chi connectivity index (χ1v) is 6.18. The van der Waals surface area contributed by atoms with Crippen LogP contribution in [0.3, 0.4) is 0 Å². The number of anilines is 1. The summed E-state index contributed by atoms with van der Waals surface area (Å²) in [5.74, 6) is -0.418. The molecule has 102 valence electrons. The number of fused-ring (bicyclic) bond motifs is 1. The van der Waals surface area contributed by atoms with Crippen molar-refractivity contribution in [3.63, 3.8) is 0 Å². The average molecular weight is 288 g/mol. The number of amidine groups is 1. The lowest BCUT2D eigenvalue weighted by Gasteiger charge is -2.33. The molecule has 3 atom stereocenters. The fraction of sp³-hybridized carbons (Fsp3) is 0.417. The van der Waals surface area contributed by atoms with Crippen molar-refractivity contribution in [1.29, 1.82) is 0 Å². The third kappa shape index (κ3) is 1.74. The normalized spacial score (nSPS) is 32.5. The van der Waals surface area contributed by atoms with Crippen LogP contribution in [0.5, 0.6) is 0 Å². The van der Waals surface area contributed by atoms with Gasteiger partial charge in [-0.05, 0) is 24.6 Å². The number of nitrogens with two attached hydrogens (primary N) is 2. The van der Waals surface area contributed by atoms with Crippen LogP contribution in [-0.2, 0) is 10.3 Å². The molecule has 2 unspecified atom stereocenters. The van der Waals surface area contributed by atoms with Gasteiger partial charge in [-0.3, -0.25) is 0 Å². The number of aliphatic imine (C=N–C) groups is 1. The topological polar surface area (TPSA) is 73.6 Å². The summed E-state index contributed by atoms with van der Waals surface area (Å²) in [6, 6.07) is 4.26. The first-order valence-electron chi connectivity index (χ1n) is 5.81. The van der Waals surface area contributed by atoms with Gasteiger partial charge in [0.25, 0.3) is 12.4 Å². The SMILES string of the molecule is NC1=NC(c2cc(N)ccc2Cl)(C(F)F)[C@@H]2CC2O1. The van der Waals surface area contributed by atoms with Crippen molar-refractivity contribution in [1.82, 2.24) is 0 Å². The molecule has 0 bridgehead atoms. The highest BCUT2D eigenvalue weighted by atomic mass is 35.5. The van der Waals surface area contributed by atoms with E-state index < -0.39 is 17.9 Å². The van der Waals surface area contributed by atoms with Gasteiger partial charge in [0, 0.05) is 22.2 Å². The molecule has 4 nitrogen and oxygen atoms in total. The van der Waals surface area contributed by atoms with E-state index in [9.17, 15) is 8.78 Å². The minimum Gasteiger partial charge on any atom is -0.462 e. The fourth-order valence-corrected chi connectivity index (χ4v) is 2.92. The van der Waals surface area contributed by atoms with E-state index in [0.29, 0.717) is 12.1 Å². The summed E-state index contributed by atoms with van der Waals surface area (Å²) in [5, 5.41) is 0.207. The maximum absolute atomic E-state index is 13.7. The standard InChI is InChI=1S/C12H12ClF2N3O/c13-8-2-1-5(16)3-6(8)12(10(14)15)7-4-9(7)19-11(17)18-12/h1-3,7,9-10H,4,16H2,(H2,17,18)/t7-,9?,12?/m1/s1. The Morgan fingerprint density at radius 2 is 2.16 bits per heavy atom. The van der Waals surface area contributed by atoms with Gasteiger partial charge in [0.2, 0.25) is 0 Å². The van der Waals surface area contributed by atoms with Gasteiger partial charge in [0.05, 0.1) is 0 Å². The van der Waals surface area contributed by atoms with Crippen molar-refractivity contribution in [3.8, 4) is 0 Å². The number of nitrogens with zero attached hydrogens (tertiary/aromatic N) is 1. The van der Waals surface area contributed by atoms with Crippen molar-refractivity contribution in [2.24, 2.45) is 16.6 Å². The van der Waals surface area contributed by atoms with Gasteiger partial charge in [-0.15, -0.1) is 0 Å².